The number of pyridine rings is 1. The molecule has 3 aromatic rings. The average Bonchev–Trinajstić information content (AvgIpc) is 3.15. The maximum atomic E-state index is 13.1. The van der Waals surface area contributed by atoms with Gasteiger partial charge in [0.05, 0.1) is 18.2 Å². The molecule has 0 amide bonds. The lowest BCUT2D eigenvalue weighted by Gasteiger charge is -2.22. The van der Waals surface area contributed by atoms with Gasteiger partial charge in [-0.25, -0.2) is 9.67 Å². The van der Waals surface area contributed by atoms with Crippen molar-refractivity contribution >= 4 is 0 Å². The monoisotopic (exact) mass is 460 g/mol. The fourth-order valence-electron chi connectivity index (χ4n) is 4.04. The molecule has 1 fully saturated rings. The molecule has 6 nitrogen and oxygen atoms in total. The second kappa shape index (κ2) is 9.51. The second-order valence-electron chi connectivity index (χ2n) is 8.65. The first-order chi connectivity index (χ1) is 15.7. The van der Waals surface area contributed by atoms with Crippen LogP contribution in [0.3, 0.4) is 0 Å². The molecule has 1 aromatic carbocycles. The van der Waals surface area contributed by atoms with Crippen LogP contribution in [-0.4, -0.2) is 32.0 Å². The van der Waals surface area contributed by atoms with Crippen LogP contribution in [0.1, 0.15) is 56.1 Å². The van der Waals surface area contributed by atoms with Gasteiger partial charge in [0.15, 0.2) is 11.6 Å². The molecular weight excluding hydrogens is 433 g/mol. The molecule has 0 spiro atoms. The highest BCUT2D eigenvalue weighted by atomic mass is 19.4. The topological polar surface area (TPSA) is 61.9 Å². The summed E-state index contributed by atoms with van der Waals surface area (Å²) in [6, 6.07) is 8.55. The predicted molar refractivity (Wildman–Crippen MR) is 118 cm³/mol. The molecule has 3 heterocycles. The highest BCUT2D eigenvalue weighted by molar-refractivity contribution is 5.54. The van der Waals surface area contributed by atoms with Crippen molar-refractivity contribution in [3.63, 3.8) is 0 Å². The Balaban J connectivity index is 1.68. The number of hydrogen-bond acceptors (Lipinski definition) is 4. The van der Waals surface area contributed by atoms with Crippen LogP contribution in [0.2, 0.25) is 0 Å². The van der Waals surface area contributed by atoms with Gasteiger partial charge in [-0.05, 0) is 50.8 Å². The van der Waals surface area contributed by atoms with Crippen molar-refractivity contribution in [3.05, 3.63) is 69.9 Å². The summed E-state index contributed by atoms with van der Waals surface area (Å²) in [5.74, 6) is 0.910. The first-order valence-corrected chi connectivity index (χ1v) is 11.1. The van der Waals surface area contributed by atoms with Crippen molar-refractivity contribution < 1.29 is 17.9 Å². The van der Waals surface area contributed by atoms with E-state index in [1.807, 2.05) is 19.9 Å². The number of hydrogen-bond donors (Lipinski definition) is 0. The smallest absolute Gasteiger partial charge is 0.376 e. The standard InChI is InChI=1S/C24H27F3N4O2/c1-16(2)30-10-9-18(14-22(30)32)23-28-21(29-31(23)15-20-8-3-4-11-33-20)13-17-6-5-7-19(12-17)24(25,26)27/h5-7,9-10,12,14,16,20H,3-4,8,11,13,15H2,1-2H3. The highest BCUT2D eigenvalue weighted by Gasteiger charge is 2.30. The summed E-state index contributed by atoms with van der Waals surface area (Å²) >= 11 is 0. The lowest BCUT2D eigenvalue weighted by Crippen LogP contribution is -2.25. The van der Waals surface area contributed by atoms with E-state index in [1.54, 1.807) is 21.5 Å². The van der Waals surface area contributed by atoms with Crippen molar-refractivity contribution in [2.24, 2.45) is 0 Å². The maximum Gasteiger partial charge on any atom is 0.416 e. The van der Waals surface area contributed by atoms with Crippen LogP contribution in [-0.2, 0) is 23.9 Å². The van der Waals surface area contributed by atoms with Gasteiger partial charge in [0.2, 0.25) is 0 Å². The third kappa shape index (κ3) is 5.52. The molecule has 1 atom stereocenters. The number of nitrogens with zero attached hydrogens (tertiary/aromatic N) is 4. The summed E-state index contributed by atoms with van der Waals surface area (Å²) in [5, 5.41) is 4.59. The summed E-state index contributed by atoms with van der Waals surface area (Å²) in [7, 11) is 0. The summed E-state index contributed by atoms with van der Waals surface area (Å²) in [6.45, 7) is 5.02. The first-order valence-electron chi connectivity index (χ1n) is 11.1. The Kier molecular flexibility index (Phi) is 6.69. The number of halogens is 3. The minimum Gasteiger partial charge on any atom is -0.376 e. The first kappa shape index (κ1) is 23.2. The van der Waals surface area contributed by atoms with Crippen LogP contribution in [0.25, 0.3) is 11.4 Å². The van der Waals surface area contributed by atoms with E-state index in [0.29, 0.717) is 35.9 Å². The fraction of sp³-hybridized carbons (Fsp3) is 0.458. The van der Waals surface area contributed by atoms with Crippen molar-refractivity contribution in [1.82, 2.24) is 19.3 Å². The van der Waals surface area contributed by atoms with E-state index in [4.69, 9.17) is 4.74 Å². The Morgan fingerprint density at radius 2 is 2.00 bits per heavy atom. The fourth-order valence-corrected chi connectivity index (χ4v) is 4.04. The Hall–Kier alpha value is -2.94. The summed E-state index contributed by atoms with van der Waals surface area (Å²) in [6.07, 6.45) is 0.440. The van der Waals surface area contributed by atoms with Gasteiger partial charge in [-0.2, -0.15) is 18.3 Å². The Morgan fingerprint density at radius 3 is 2.67 bits per heavy atom. The van der Waals surface area contributed by atoms with E-state index in [0.717, 1.165) is 31.4 Å². The lowest BCUT2D eigenvalue weighted by molar-refractivity contribution is -0.137. The maximum absolute atomic E-state index is 13.1. The molecule has 0 N–H and O–H groups in total. The third-order valence-electron chi connectivity index (χ3n) is 5.75. The van der Waals surface area contributed by atoms with Crippen LogP contribution >= 0.6 is 0 Å². The second-order valence-corrected chi connectivity index (χ2v) is 8.65. The van der Waals surface area contributed by atoms with E-state index in [-0.39, 0.29) is 24.1 Å². The van der Waals surface area contributed by atoms with Crippen molar-refractivity contribution in [2.45, 2.75) is 64.4 Å². The van der Waals surface area contributed by atoms with Gasteiger partial charge >= 0.3 is 6.18 Å². The van der Waals surface area contributed by atoms with E-state index >= 15 is 0 Å². The van der Waals surface area contributed by atoms with Crippen molar-refractivity contribution in [2.75, 3.05) is 6.61 Å². The number of alkyl halides is 3. The molecule has 1 saturated heterocycles. The minimum atomic E-state index is -4.41. The van der Waals surface area contributed by atoms with E-state index < -0.39 is 11.7 Å². The summed E-state index contributed by atoms with van der Waals surface area (Å²) in [4.78, 5) is 17.2. The van der Waals surface area contributed by atoms with Crippen LogP contribution in [0.5, 0.6) is 0 Å². The number of benzene rings is 1. The number of rotatable bonds is 6. The van der Waals surface area contributed by atoms with Crippen LogP contribution in [0, 0.1) is 0 Å². The van der Waals surface area contributed by atoms with Crippen LogP contribution in [0.4, 0.5) is 13.2 Å². The zero-order chi connectivity index (χ0) is 23.6. The summed E-state index contributed by atoms with van der Waals surface area (Å²) < 4.78 is 48.5. The molecule has 176 valence electrons. The minimum absolute atomic E-state index is 0.0170. The molecule has 0 bridgehead atoms. The molecule has 1 aliphatic rings. The van der Waals surface area contributed by atoms with Gasteiger partial charge in [0.1, 0.15) is 0 Å². The SMILES string of the molecule is CC(C)n1ccc(-c2nc(Cc3cccc(C(F)(F)F)c3)nn2CC2CCCCO2)cc1=O. The quantitative estimate of drug-likeness (QED) is 0.527. The molecule has 0 aliphatic carbocycles. The largest absolute Gasteiger partial charge is 0.416 e. The molecule has 1 unspecified atom stereocenters. The molecule has 33 heavy (non-hydrogen) atoms. The average molecular weight is 461 g/mol. The van der Waals surface area contributed by atoms with Crippen LogP contribution < -0.4 is 5.56 Å². The van der Waals surface area contributed by atoms with Gasteiger partial charge in [-0.3, -0.25) is 4.79 Å². The lowest BCUT2D eigenvalue weighted by atomic mass is 10.1. The Labute approximate surface area is 190 Å². The zero-order valence-corrected chi connectivity index (χ0v) is 18.7. The number of aromatic nitrogens is 4. The van der Waals surface area contributed by atoms with Crippen molar-refractivity contribution in [3.8, 4) is 11.4 Å². The van der Waals surface area contributed by atoms with Gasteiger partial charge in [0, 0.05) is 36.9 Å². The van der Waals surface area contributed by atoms with E-state index in [1.165, 1.54) is 12.1 Å². The van der Waals surface area contributed by atoms with E-state index in [9.17, 15) is 18.0 Å². The molecular formula is C24H27F3N4O2. The predicted octanol–water partition coefficient (Wildman–Crippen LogP) is 4.87. The molecule has 2 aromatic heterocycles. The van der Waals surface area contributed by atoms with Gasteiger partial charge in [-0.1, -0.05) is 18.2 Å². The summed E-state index contributed by atoms with van der Waals surface area (Å²) in [5.41, 5.74) is 0.242. The Bertz CT molecular complexity index is 1160. The molecule has 4 rings (SSSR count). The normalized spacial score (nSPS) is 17.0. The van der Waals surface area contributed by atoms with Crippen LogP contribution in [0.15, 0.2) is 47.4 Å². The van der Waals surface area contributed by atoms with Gasteiger partial charge < -0.3 is 9.30 Å². The number of ether oxygens (including phenoxy) is 1. The van der Waals surface area contributed by atoms with Gasteiger partial charge in [0.25, 0.3) is 5.56 Å². The molecule has 9 heteroatoms. The Morgan fingerprint density at radius 1 is 1.18 bits per heavy atom. The van der Waals surface area contributed by atoms with E-state index in [2.05, 4.69) is 10.1 Å². The zero-order valence-electron chi connectivity index (χ0n) is 18.7. The molecule has 0 saturated carbocycles. The highest BCUT2D eigenvalue weighted by Crippen LogP contribution is 2.30. The van der Waals surface area contributed by atoms with Crippen molar-refractivity contribution in [1.29, 1.82) is 0 Å². The molecule has 0 radical (unpaired) electrons. The third-order valence-corrected chi connectivity index (χ3v) is 5.75. The molecule has 1 aliphatic heterocycles. The van der Waals surface area contributed by atoms with Gasteiger partial charge in [-0.15, -0.1) is 0 Å².